The van der Waals surface area contributed by atoms with Gasteiger partial charge in [-0.1, -0.05) is 6.07 Å². The summed E-state index contributed by atoms with van der Waals surface area (Å²) in [7, 11) is 0. The third-order valence-electron chi connectivity index (χ3n) is 2.27. The number of anilines is 2. The lowest BCUT2D eigenvalue weighted by atomic mass is 10.2. The standard InChI is InChI=1S/C13H9N3O2/c14-8-9-2-1-3-11(6-9)16-12-7-10(13(17)18)4-5-15-12/h1-7H,(H,15,16)(H,17,18). The quantitative estimate of drug-likeness (QED) is 0.858. The first-order valence-electron chi connectivity index (χ1n) is 5.15. The van der Waals surface area contributed by atoms with Gasteiger partial charge in [0.25, 0.3) is 0 Å². The van der Waals surface area contributed by atoms with Crippen LogP contribution in [0.15, 0.2) is 42.6 Å². The molecule has 2 aromatic rings. The van der Waals surface area contributed by atoms with Gasteiger partial charge in [0.1, 0.15) is 5.82 Å². The Bertz CT molecular complexity index is 632. The first kappa shape index (κ1) is 11.6. The van der Waals surface area contributed by atoms with Crippen molar-refractivity contribution in [1.82, 2.24) is 4.98 Å². The lowest BCUT2D eigenvalue weighted by molar-refractivity contribution is 0.0697. The topological polar surface area (TPSA) is 86.0 Å². The van der Waals surface area contributed by atoms with E-state index < -0.39 is 5.97 Å². The number of rotatable bonds is 3. The van der Waals surface area contributed by atoms with Gasteiger partial charge in [-0.2, -0.15) is 5.26 Å². The van der Waals surface area contributed by atoms with Crippen molar-refractivity contribution in [1.29, 1.82) is 5.26 Å². The summed E-state index contributed by atoms with van der Waals surface area (Å²) in [5.41, 5.74) is 1.36. The summed E-state index contributed by atoms with van der Waals surface area (Å²) in [5.74, 6) is -0.587. The molecule has 5 nitrogen and oxygen atoms in total. The fourth-order valence-electron chi connectivity index (χ4n) is 1.45. The van der Waals surface area contributed by atoms with Crippen LogP contribution in [0.4, 0.5) is 11.5 Å². The highest BCUT2D eigenvalue weighted by molar-refractivity contribution is 5.88. The van der Waals surface area contributed by atoms with Crippen molar-refractivity contribution < 1.29 is 9.90 Å². The highest BCUT2D eigenvalue weighted by Gasteiger charge is 2.04. The van der Waals surface area contributed by atoms with Crippen LogP contribution in [0.1, 0.15) is 15.9 Å². The molecular weight excluding hydrogens is 230 g/mol. The Morgan fingerprint density at radius 1 is 1.33 bits per heavy atom. The van der Waals surface area contributed by atoms with E-state index in [0.29, 0.717) is 17.1 Å². The number of hydrogen-bond donors (Lipinski definition) is 2. The maximum Gasteiger partial charge on any atom is 0.335 e. The molecule has 0 spiro atoms. The van der Waals surface area contributed by atoms with Gasteiger partial charge in [-0.15, -0.1) is 0 Å². The predicted octanol–water partition coefficient (Wildman–Crippen LogP) is 2.40. The van der Waals surface area contributed by atoms with Crippen LogP contribution in [0.5, 0.6) is 0 Å². The Hall–Kier alpha value is -2.87. The number of carboxylic acids is 1. The van der Waals surface area contributed by atoms with E-state index in [4.69, 9.17) is 10.4 Å². The van der Waals surface area contributed by atoms with Crippen molar-refractivity contribution in [3.8, 4) is 6.07 Å². The summed E-state index contributed by atoms with van der Waals surface area (Å²) < 4.78 is 0. The van der Waals surface area contributed by atoms with Gasteiger partial charge in [-0.3, -0.25) is 0 Å². The van der Waals surface area contributed by atoms with Crippen LogP contribution in [0, 0.1) is 11.3 Å². The summed E-state index contributed by atoms with van der Waals surface area (Å²) in [6.45, 7) is 0. The molecule has 88 valence electrons. The molecule has 2 rings (SSSR count). The molecule has 2 N–H and O–H groups in total. The molecule has 0 saturated carbocycles. The zero-order chi connectivity index (χ0) is 13.0. The van der Waals surface area contributed by atoms with Crippen LogP contribution >= 0.6 is 0 Å². The minimum absolute atomic E-state index is 0.156. The van der Waals surface area contributed by atoms with E-state index in [9.17, 15) is 4.79 Å². The van der Waals surface area contributed by atoms with E-state index in [2.05, 4.69) is 10.3 Å². The molecule has 1 aromatic heterocycles. The van der Waals surface area contributed by atoms with E-state index in [1.807, 2.05) is 6.07 Å². The van der Waals surface area contributed by atoms with E-state index in [1.165, 1.54) is 18.3 Å². The van der Waals surface area contributed by atoms with E-state index >= 15 is 0 Å². The van der Waals surface area contributed by atoms with Gasteiger partial charge < -0.3 is 10.4 Å². The van der Waals surface area contributed by atoms with Crippen LogP contribution in [0.3, 0.4) is 0 Å². The Labute approximate surface area is 103 Å². The van der Waals surface area contributed by atoms with E-state index in [0.717, 1.165) is 0 Å². The molecule has 18 heavy (non-hydrogen) atoms. The van der Waals surface area contributed by atoms with Crippen LogP contribution in [-0.2, 0) is 0 Å². The SMILES string of the molecule is N#Cc1cccc(Nc2cc(C(=O)O)ccn2)c1. The van der Waals surface area contributed by atoms with Gasteiger partial charge in [-0.05, 0) is 30.3 Å². The monoisotopic (exact) mass is 239 g/mol. The summed E-state index contributed by atoms with van der Waals surface area (Å²) in [5, 5.41) is 20.6. The second-order valence-corrected chi connectivity index (χ2v) is 3.55. The highest BCUT2D eigenvalue weighted by atomic mass is 16.4. The molecule has 0 aliphatic heterocycles. The summed E-state index contributed by atoms with van der Waals surface area (Å²) in [6.07, 6.45) is 1.42. The van der Waals surface area contributed by atoms with Gasteiger partial charge >= 0.3 is 5.97 Å². The third-order valence-corrected chi connectivity index (χ3v) is 2.27. The second-order valence-electron chi connectivity index (χ2n) is 3.55. The fourth-order valence-corrected chi connectivity index (χ4v) is 1.45. The number of pyridine rings is 1. The lowest BCUT2D eigenvalue weighted by Crippen LogP contribution is -1.99. The van der Waals surface area contributed by atoms with Crippen molar-refractivity contribution in [2.75, 3.05) is 5.32 Å². The average Bonchev–Trinajstić information content (AvgIpc) is 2.39. The number of hydrogen-bond acceptors (Lipinski definition) is 4. The Balaban J connectivity index is 2.26. The molecule has 0 aliphatic rings. The number of carboxylic acid groups (broad SMARTS) is 1. The summed E-state index contributed by atoms with van der Waals surface area (Å²) >= 11 is 0. The smallest absolute Gasteiger partial charge is 0.335 e. The normalized spacial score (nSPS) is 9.50. The molecule has 0 unspecified atom stereocenters. The molecule has 1 aromatic carbocycles. The molecule has 0 atom stereocenters. The van der Waals surface area contributed by atoms with Gasteiger partial charge in [0, 0.05) is 11.9 Å². The molecule has 0 amide bonds. The summed E-state index contributed by atoms with van der Waals surface area (Å²) in [4.78, 5) is 14.8. The molecule has 0 saturated heterocycles. The second kappa shape index (κ2) is 4.97. The molecule has 0 fully saturated rings. The van der Waals surface area contributed by atoms with Gasteiger partial charge in [-0.25, -0.2) is 9.78 Å². The summed E-state index contributed by atoms with van der Waals surface area (Å²) in [6, 6.07) is 11.7. The van der Waals surface area contributed by atoms with Crippen molar-refractivity contribution in [3.63, 3.8) is 0 Å². The van der Waals surface area contributed by atoms with Crippen molar-refractivity contribution in [2.24, 2.45) is 0 Å². The first-order chi connectivity index (χ1) is 8.69. The van der Waals surface area contributed by atoms with Gasteiger partial charge in [0.2, 0.25) is 0 Å². The molecular formula is C13H9N3O2. The predicted molar refractivity (Wildman–Crippen MR) is 65.6 cm³/mol. The third kappa shape index (κ3) is 2.62. The van der Waals surface area contributed by atoms with Crippen LogP contribution in [0.25, 0.3) is 0 Å². The van der Waals surface area contributed by atoms with Gasteiger partial charge in [0.05, 0.1) is 17.2 Å². The molecule has 0 aliphatic carbocycles. The number of carbonyl (C=O) groups is 1. The Morgan fingerprint density at radius 2 is 2.17 bits per heavy atom. The first-order valence-corrected chi connectivity index (χ1v) is 5.15. The minimum atomic E-state index is -1.01. The maximum absolute atomic E-state index is 10.8. The Kier molecular flexibility index (Phi) is 3.21. The minimum Gasteiger partial charge on any atom is -0.478 e. The van der Waals surface area contributed by atoms with Crippen LogP contribution < -0.4 is 5.32 Å². The van der Waals surface area contributed by atoms with Crippen molar-refractivity contribution in [3.05, 3.63) is 53.7 Å². The fraction of sp³-hybridized carbons (Fsp3) is 0. The number of nitrogens with one attached hydrogen (secondary N) is 1. The van der Waals surface area contributed by atoms with Crippen LogP contribution in [0.2, 0.25) is 0 Å². The molecule has 5 heteroatoms. The van der Waals surface area contributed by atoms with Crippen molar-refractivity contribution >= 4 is 17.5 Å². The highest BCUT2D eigenvalue weighted by Crippen LogP contribution is 2.16. The zero-order valence-electron chi connectivity index (χ0n) is 9.29. The number of nitrogens with zero attached hydrogens (tertiary/aromatic N) is 2. The average molecular weight is 239 g/mol. The number of nitriles is 1. The molecule has 0 radical (unpaired) electrons. The van der Waals surface area contributed by atoms with E-state index in [1.54, 1.807) is 24.3 Å². The Morgan fingerprint density at radius 3 is 2.89 bits per heavy atom. The molecule has 0 bridgehead atoms. The number of benzene rings is 1. The van der Waals surface area contributed by atoms with Crippen LogP contribution in [-0.4, -0.2) is 16.1 Å². The molecule has 1 heterocycles. The largest absolute Gasteiger partial charge is 0.478 e. The van der Waals surface area contributed by atoms with E-state index in [-0.39, 0.29) is 5.56 Å². The van der Waals surface area contributed by atoms with Gasteiger partial charge in [0.15, 0.2) is 0 Å². The lowest BCUT2D eigenvalue weighted by Gasteiger charge is -2.06. The van der Waals surface area contributed by atoms with Crippen molar-refractivity contribution in [2.45, 2.75) is 0 Å². The number of aromatic carboxylic acids is 1. The zero-order valence-corrected chi connectivity index (χ0v) is 9.29. The number of aromatic nitrogens is 1. The maximum atomic E-state index is 10.8.